The topological polar surface area (TPSA) is 46.0 Å². The molecule has 5 heteroatoms. The van der Waals surface area contributed by atoms with Crippen LogP contribution in [0.1, 0.15) is 39.8 Å². The molecule has 0 aromatic carbocycles. The summed E-state index contributed by atoms with van der Waals surface area (Å²) in [5.41, 5.74) is 1.07. The lowest BCUT2D eigenvalue weighted by atomic mass is 9.92. The van der Waals surface area contributed by atoms with Gasteiger partial charge in [-0.1, -0.05) is 39.3 Å². The monoisotopic (exact) mass is 279 g/mol. The van der Waals surface area contributed by atoms with Crippen LogP contribution in [-0.4, -0.2) is 45.1 Å². The maximum absolute atomic E-state index is 4.24. The fourth-order valence-corrected chi connectivity index (χ4v) is 3.03. The Labute approximate surface area is 122 Å². The van der Waals surface area contributed by atoms with Crippen LogP contribution in [0.3, 0.4) is 0 Å². The first kappa shape index (κ1) is 15.4. The van der Waals surface area contributed by atoms with Crippen molar-refractivity contribution in [1.82, 2.24) is 25.2 Å². The first-order valence-electron chi connectivity index (χ1n) is 7.83. The number of nitrogens with zero attached hydrogens (tertiary/aromatic N) is 4. The Morgan fingerprint density at radius 2 is 2.15 bits per heavy atom. The normalized spacial score (nSPS) is 26.1. The Kier molecular flexibility index (Phi) is 5.16. The average Bonchev–Trinajstić information content (AvgIpc) is 2.82. The van der Waals surface area contributed by atoms with Crippen molar-refractivity contribution in [2.45, 2.75) is 52.7 Å². The van der Waals surface area contributed by atoms with E-state index < -0.39 is 0 Å². The van der Waals surface area contributed by atoms with E-state index in [4.69, 9.17) is 0 Å². The molecule has 1 fully saturated rings. The third kappa shape index (κ3) is 3.58. The summed E-state index contributed by atoms with van der Waals surface area (Å²) in [6.45, 7) is 12.3. The number of hydrogen-bond donors (Lipinski definition) is 1. The number of rotatable bonds is 5. The highest BCUT2D eigenvalue weighted by Gasteiger charge is 2.32. The standard InChI is InChI=1S/C15H29N5/c1-6-12(4)14-10-20(15(7-16-14)11(2)3)9-13-8-19(5)18-17-13/h8,11-12,14-16H,6-7,9-10H2,1-5H3. The average molecular weight is 279 g/mol. The summed E-state index contributed by atoms with van der Waals surface area (Å²) < 4.78 is 1.79. The molecule has 1 aromatic heterocycles. The Balaban J connectivity index is 2.06. The molecule has 0 saturated carbocycles. The summed E-state index contributed by atoms with van der Waals surface area (Å²) in [7, 11) is 1.93. The molecule has 1 aliphatic rings. The minimum Gasteiger partial charge on any atom is -0.311 e. The van der Waals surface area contributed by atoms with Gasteiger partial charge in [0.15, 0.2) is 0 Å². The maximum atomic E-state index is 4.24. The molecule has 0 bridgehead atoms. The lowest BCUT2D eigenvalue weighted by Crippen LogP contribution is -2.59. The van der Waals surface area contributed by atoms with E-state index >= 15 is 0 Å². The molecule has 1 saturated heterocycles. The lowest BCUT2D eigenvalue weighted by molar-refractivity contribution is 0.0741. The molecule has 20 heavy (non-hydrogen) atoms. The molecule has 1 aliphatic heterocycles. The molecule has 0 spiro atoms. The van der Waals surface area contributed by atoms with Gasteiger partial charge in [0.05, 0.1) is 5.69 Å². The van der Waals surface area contributed by atoms with Crippen LogP contribution in [0.4, 0.5) is 0 Å². The molecule has 0 radical (unpaired) electrons. The van der Waals surface area contributed by atoms with E-state index in [1.165, 1.54) is 6.42 Å². The SMILES string of the molecule is CCC(C)C1CN(Cc2cn(C)nn2)C(C(C)C)CN1. The second-order valence-electron chi connectivity index (χ2n) is 6.52. The van der Waals surface area contributed by atoms with Gasteiger partial charge in [-0.2, -0.15) is 0 Å². The molecule has 3 atom stereocenters. The first-order chi connectivity index (χ1) is 9.51. The van der Waals surface area contributed by atoms with Gasteiger partial charge in [0.1, 0.15) is 0 Å². The van der Waals surface area contributed by atoms with Crippen molar-refractivity contribution >= 4 is 0 Å². The van der Waals surface area contributed by atoms with Crippen molar-refractivity contribution in [1.29, 1.82) is 0 Å². The van der Waals surface area contributed by atoms with Gasteiger partial charge in [0, 0.05) is 45.0 Å². The van der Waals surface area contributed by atoms with Gasteiger partial charge in [0.25, 0.3) is 0 Å². The Hall–Kier alpha value is -0.940. The molecule has 2 rings (SSSR count). The van der Waals surface area contributed by atoms with Crippen LogP contribution in [0.2, 0.25) is 0 Å². The zero-order valence-corrected chi connectivity index (χ0v) is 13.5. The summed E-state index contributed by atoms with van der Waals surface area (Å²) in [6.07, 6.45) is 3.25. The van der Waals surface area contributed by atoms with Crippen molar-refractivity contribution < 1.29 is 0 Å². The highest BCUT2D eigenvalue weighted by Crippen LogP contribution is 2.21. The zero-order valence-electron chi connectivity index (χ0n) is 13.5. The van der Waals surface area contributed by atoms with E-state index in [-0.39, 0.29) is 0 Å². The molecule has 0 aliphatic carbocycles. The fraction of sp³-hybridized carbons (Fsp3) is 0.867. The van der Waals surface area contributed by atoms with Crippen LogP contribution >= 0.6 is 0 Å². The molecule has 1 aromatic rings. The van der Waals surface area contributed by atoms with Gasteiger partial charge in [-0.25, -0.2) is 0 Å². The minimum atomic E-state index is 0.581. The largest absolute Gasteiger partial charge is 0.311 e. The number of nitrogens with one attached hydrogen (secondary N) is 1. The maximum Gasteiger partial charge on any atom is 0.0967 e. The number of piperazine rings is 1. The summed E-state index contributed by atoms with van der Waals surface area (Å²) in [4.78, 5) is 2.59. The van der Waals surface area contributed by atoms with Gasteiger partial charge in [-0.15, -0.1) is 5.10 Å². The number of hydrogen-bond acceptors (Lipinski definition) is 4. The first-order valence-corrected chi connectivity index (χ1v) is 7.83. The quantitative estimate of drug-likeness (QED) is 0.890. The Morgan fingerprint density at radius 1 is 1.40 bits per heavy atom. The van der Waals surface area contributed by atoms with Gasteiger partial charge in [-0.05, 0) is 11.8 Å². The van der Waals surface area contributed by atoms with Crippen LogP contribution in [0.25, 0.3) is 0 Å². The lowest BCUT2D eigenvalue weighted by Gasteiger charge is -2.43. The van der Waals surface area contributed by atoms with Gasteiger partial charge >= 0.3 is 0 Å². The van der Waals surface area contributed by atoms with Gasteiger partial charge in [0.2, 0.25) is 0 Å². The van der Waals surface area contributed by atoms with Crippen LogP contribution in [0, 0.1) is 11.8 Å². The molecule has 5 nitrogen and oxygen atoms in total. The van der Waals surface area contributed by atoms with E-state index in [0.29, 0.717) is 23.9 Å². The molecule has 3 unspecified atom stereocenters. The highest BCUT2D eigenvalue weighted by molar-refractivity contribution is 4.97. The fourth-order valence-electron chi connectivity index (χ4n) is 3.03. The zero-order chi connectivity index (χ0) is 14.7. The molecule has 1 N–H and O–H groups in total. The molecule has 0 amide bonds. The molecular weight excluding hydrogens is 250 g/mol. The van der Waals surface area contributed by atoms with Crippen molar-refractivity contribution in [2.75, 3.05) is 13.1 Å². The van der Waals surface area contributed by atoms with E-state index in [0.717, 1.165) is 25.3 Å². The van der Waals surface area contributed by atoms with E-state index in [2.05, 4.69) is 48.2 Å². The summed E-state index contributed by atoms with van der Waals surface area (Å²) in [5, 5.41) is 12.0. The summed E-state index contributed by atoms with van der Waals surface area (Å²) in [5.74, 6) is 1.37. The highest BCUT2D eigenvalue weighted by atomic mass is 15.4. The Bertz CT molecular complexity index is 414. The number of aromatic nitrogens is 3. The Morgan fingerprint density at radius 3 is 2.70 bits per heavy atom. The van der Waals surface area contributed by atoms with E-state index in [9.17, 15) is 0 Å². The number of aryl methyl sites for hydroxylation is 1. The van der Waals surface area contributed by atoms with Crippen LogP contribution in [0.15, 0.2) is 6.20 Å². The van der Waals surface area contributed by atoms with E-state index in [1.807, 2.05) is 13.2 Å². The second kappa shape index (κ2) is 6.68. The van der Waals surface area contributed by atoms with Crippen LogP contribution in [-0.2, 0) is 13.6 Å². The van der Waals surface area contributed by atoms with E-state index in [1.54, 1.807) is 4.68 Å². The van der Waals surface area contributed by atoms with Gasteiger partial charge in [-0.3, -0.25) is 9.58 Å². The minimum absolute atomic E-state index is 0.581. The van der Waals surface area contributed by atoms with Crippen LogP contribution < -0.4 is 5.32 Å². The third-order valence-corrected chi connectivity index (χ3v) is 4.60. The smallest absolute Gasteiger partial charge is 0.0967 e. The van der Waals surface area contributed by atoms with Gasteiger partial charge < -0.3 is 5.32 Å². The predicted molar refractivity (Wildman–Crippen MR) is 81.3 cm³/mol. The van der Waals surface area contributed by atoms with Crippen LogP contribution in [0.5, 0.6) is 0 Å². The summed E-state index contributed by atoms with van der Waals surface area (Å²) >= 11 is 0. The van der Waals surface area contributed by atoms with Crippen molar-refractivity contribution in [3.05, 3.63) is 11.9 Å². The molecular formula is C15H29N5. The van der Waals surface area contributed by atoms with Crippen molar-refractivity contribution in [3.8, 4) is 0 Å². The van der Waals surface area contributed by atoms with Crippen molar-refractivity contribution in [3.63, 3.8) is 0 Å². The van der Waals surface area contributed by atoms with Crippen molar-refractivity contribution in [2.24, 2.45) is 18.9 Å². The second-order valence-corrected chi connectivity index (χ2v) is 6.52. The molecule has 2 heterocycles. The predicted octanol–water partition coefficient (Wildman–Crippen LogP) is 1.66. The molecule has 114 valence electrons. The third-order valence-electron chi connectivity index (χ3n) is 4.60. The summed E-state index contributed by atoms with van der Waals surface area (Å²) in [6, 6.07) is 1.17.